The van der Waals surface area contributed by atoms with Crippen LogP contribution in [0.4, 0.5) is 11.6 Å². The van der Waals surface area contributed by atoms with E-state index in [1.54, 1.807) is 11.0 Å². The Labute approximate surface area is 126 Å². The molecule has 0 unspecified atom stereocenters. The van der Waals surface area contributed by atoms with Crippen LogP contribution in [0.1, 0.15) is 39.9 Å². The summed E-state index contributed by atoms with van der Waals surface area (Å²) in [5.41, 5.74) is 2.34. The Balaban J connectivity index is 2.93. The molecule has 0 saturated heterocycles. The van der Waals surface area contributed by atoms with Crippen molar-refractivity contribution in [2.45, 2.75) is 39.5 Å². The Kier molecular flexibility index (Phi) is 5.90. The molecule has 0 radical (unpaired) electrons. The molecule has 7 nitrogen and oxygen atoms in total. The largest absolute Gasteiger partial charge is 0.355 e. The van der Waals surface area contributed by atoms with E-state index in [9.17, 15) is 4.79 Å². The van der Waals surface area contributed by atoms with Gasteiger partial charge in [-0.15, -0.1) is 0 Å². The molecule has 1 aromatic heterocycles. The van der Waals surface area contributed by atoms with Crippen LogP contribution in [0.25, 0.3) is 0 Å². The molecular weight excluding hydrogens is 268 g/mol. The molecule has 0 atom stereocenters. The van der Waals surface area contributed by atoms with Crippen molar-refractivity contribution >= 4 is 17.5 Å². The summed E-state index contributed by atoms with van der Waals surface area (Å²) in [6.45, 7) is 9.02. The Bertz CT molecular complexity index is 483. The number of anilines is 2. The summed E-state index contributed by atoms with van der Waals surface area (Å²) >= 11 is 0. The molecule has 21 heavy (non-hydrogen) atoms. The minimum Gasteiger partial charge on any atom is -0.355 e. The van der Waals surface area contributed by atoms with Crippen molar-refractivity contribution in [3.8, 4) is 0 Å². The SMILES string of the molecule is CCCNC(=O)CN(C)c1cc(NN)nc(C(C)(C)C)n1. The number of likely N-dealkylation sites (N-methyl/N-ethyl adjacent to an activating group) is 1. The molecule has 1 amide bonds. The van der Waals surface area contributed by atoms with E-state index in [1.807, 2.05) is 34.7 Å². The van der Waals surface area contributed by atoms with Gasteiger partial charge in [-0.3, -0.25) is 4.79 Å². The molecule has 0 aliphatic carbocycles. The van der Waals surface area contributed by atoms with Crippen LogP contribution < -0.4 is 21.5 Å². The molecule has 1 heterocycles. The van der Waals surface area contributed by atoms with Crippen molar-refractivity contribution in [2.75, 3.05) is 30.5 Å². The Hall–Kier alpha value is -1.89. The van der Waals surface area contributed by atoms with E-state index >= 15 is 0 Å². The van der Waals surface area contributed by atoms with Crippen molar-refractivity contribution in [1.29, 1.82) is 0 Å². The number of rotatable bonds is 6. The van der Waals surface area contributed by atoms with Gasteiger partial charge in [-0.25, -0.2) is 15.8 Å². The predicted molar refractivity (Wildman–Crippen MR) is 85.1 cm³/mol. The fourth-order valence-electron chi connectivity index (χ4n) is 1.66. The maximum absolute atomic E-state index is 11.8. The number of hydrogen-bond acceptors (Lipinski definition) is 6. The number of nitrogens with zero attached hydrogens (tertiary/aromatic N) is 3. The van der Waals surface area contributed by atoms with Gasteiger partial charge >= 0.3 is 0 Å². The van der Waals surface area contributed by atoms with Crippen LogP contribution in [0.2, 0.25) is 0 Å². The molecule has 0 aliphatic heterocycles. The van der Waals surface area contributed by atoms with Crippen LogP contribution >= 0.6 is 0 Å². The Morgan fingerprint density at radius 3 is 2.57 bits per heavy atom. The minimum atomic E-state index is -0.201. The lowest BCUT2D eigenvalue weighted by atomic mass is 9.96. The van der Waals surface area contributed by atoms with Crippen LogP contribution in [-0.4, -0.2) is 36.0 Å². The highest BCUT2D eigenvalue weighted by molar-refractivity contribution is 5.80. The average molecular weight is 294 g/mol. The van der Waals surface area contributed by atoms with Crippen molar-refractivity contribution in [2.24, 2.45) is 5.84 Å². The molecule has 118 valence electrons. The standard InChI is InChI=1S/C14H26N6O/c1-6-7-16-12(21)9-20(5)11-8-10(19-15)17-13(18-11)14(2,3)4/h8H,6-7,9,15H2,1-5H3,(H,16,21)(H,17,18,19). The highest BCUT2D eigenvalue weighted by atomic mass is 16.2. The number of nitrogens with one attached hydrogen (secondary N) is 2. The first kappa shape index (κ1) is 17.2. The van der Waals surface area contributed by atoms with Gasteiger partial charge in [0.25, 0.3) is 0 Å². The first-order chi connectivity index (χ1) is 9.77. The topological polar surface area (TPSA) is 96.2 Å². The van der Waals surface area contributed by atoms with Crippen LogP contribution in [0.3, 0.4) is 0 Å². The number of hydrazine groups is 1. The van der Waals surface area contributed by atoms with Crippen LogP contribution in [0.5, 0.6) is 0 Å². The fraction of sp³-hybridized carbons (Fsp3) is 0.643. The maximum Gasteiger partial charge on any atom is 0.239 e. The van der Waals surface area contributed by atoms with Gasteiger partial charge in [0.2, 0.25) is 5.91 Å². The third-order valence-electron chi connectivity index (χ3n) is 2.88. The van der Waals surface area contributed by atoms with Crippen molar-refractivity contribution in [3.63, 3.8) is 0 Å². The molecule has 0 aliphatic rings. The van der Waals surface area contributed by atoms with Gasteiger partial charge < -0.3 is 15.6 Å². The smallest absolute Gasteiger partial charge is 0.239 e. The second-order valence-electron chi connectivity index (χ2n) is 6.04. The lowest BCUT2D eigenvalue weighted by molar-refractivity contribution is -0.119. The third kappa shape index (κ3) is 5.18. The van der Waals surface area contributed by atoms with Gasteiger partial charge in [-0.2, -0.15) is 0 Å². The average Bonchev–Trinajstić information content (AvgIpc) is 2.43. The van der Waals surface area contributed by atoms with Gasteiger partial charge in [-0.05, 0) is 6.42 Å². The molecule has 1 aromatic rings. The van der Waals surface area contributed by atoms with Crippen LogP contribution in [0, 0.1) is 0 Å². The van der Waals surface area contributed by atoms with Crippen molar-refractivity contribution in [3.05, 3.63) is 11.9 Å². The van der Waals surface area contributed by atoms with E-state index in [-0.39, 0.29) is 17.9 Å². The number of hydrogen-bond donors (Lipinski definition) is 3. The van der Waals surface area contributed by atoms with E-state index in [0.29, 0.717) is 24.0 Å². The van der Waals surface area contributed by atoms with Crippen molar-refractivity contribution in [1.82, 2.24) is 15.3 Å². The predicted octanol–water partition coefficient (Wildman–Crippen LogP) is 1.02. The third-order valence-corrected chi connectivity index (χ3v) is 2.88. The number of carbonyl (C=O) groups is 1. The maximum atomic E-state index is 11.8. The number of nitrogens with two attached hydrogens (primary N) is 1. The lowest BCUT2D eigenvalue weighted by Gasteiger charge is -2.22. The van der Waals surface area contributed by atoms with E-state index in [1.165, 1.54) is 0 Å². The molecule has 0 fully saturated rings. The lowest BCUT2D eigenvalue weighted by Crippen LogP contribution is -2.36. The highest BCUT2D eigenvalue weighted by Crippen LogP contribution is 2.23. The molecule has 7 heteroatoms. The molecule has 0 saturated carbocycles. The Morgan fingerprint density at radius 2 is 2.05 bits per heavy atom. The summed E-state index contributed by atoms with van der Waals surface area (Å²) < 4.78 is 0. The second kappa shape index (κ2) is 7.21. The highest BCUT2D eigenvalue weighted by Gasteiger charge is 2.20. The van der Waals surface area contributed by atoms with E-state index in [2.05, 4.69) is 20.7 Å². The zero-order valence-corrected chi connectivity index (χ0v) is 13.5. The molecule has 0 aromatic carbocycles. The summed E-state index contributed by atoms with van der Waals surface area (Å²) in [5, 5.41) is 2.84. The number of aromatic nitrogens is 2. The monoisotopic (exact) mass is 294 g/mol. The molecule has 4 N–H and O–H groups in total. The fourth-order valence-corrected chi connectivity index (χ4v) is 1.66. The summed E-state index contributed by atoms with van der Waals surface area (Å²) in [6.07, 6.45) is 0.915. The van der Waals surface area contributed by atoms with Crippen LogP contribution in [0.15, 0.2) is 6.07 Å². The van der Waals surface area contributed by atoms with Gasteiger partial charge in [0.1, 0.15) is 17.5 Å². The summed E-state index contributed by atoms with van der Waals surface area (Å²) in [5.74, 6) is 7.30. The van der Waals surface area contributed by atoms with E-state index < -0.39 is 0 Å². The minimum absolute atomic E-state index is 0.0301. The van der Waals surface area contributed by atoms with E-state index in [0.717, 1.165) is 6.42 Å². The summed E-state index contributed by atoms with van der Waals surface area (Å²) in [4.78, 5) is 22.5. The molecular formula is C14H26N6O. The number of nitrogen functional groups attached to an aromatic ring is 1. The van der Waals surface area contributed by atoms with Gasteiger partial charge in [0, 0.05) is 25.1 Å². The van der Waals surface area contributed by atoms with E-state index in [4.69, 9.17) is 5.84 Å². The molecule has 0 bridgehead atoms. The first-order valence-corrected chi connectivity index (χ1v) is 7.12. The molecule has 1 rings (SSSR count). The number of amides is 1. The Morgan fingerprint density at radius 1 is 1.38 bits per heavy atom. The van der Waals surface area contributed by atoms with Crippen molar-refractivity contribution < 1.29 is 4.79 Å². The first-order valence-electron chi connectivity index (χ1n) is 7.12. The van der Waals surface area contributed by atoms with Gasteiger partial charge in [0.15, 0.2) is 0 Å². The second-order valence-corrected chi connectivity index (χ2v) is 6.04. The molecule has 0 spiro atoms. The van der Waals surface area contributed by atoms with Gasteiger partial charge in [-0.1, -0.05) is 27.7 Å². The summed E-state index contributed by atoms with van der Waals surface area (Å²) in [6, 6.07) is 1.72. The normalized spacial score (nSPS) is 11.1. The zero-order chi connectivity index (χ0) is 16.0. The van der Waals surface area contributed by atoms with Crippen LogP contribution in [-0.2, 0) is 10.2 Å². The quantitative estimate of drug-likeness (QED) is 0.535. The zero-order valence-electron chi connectivity index (χ0n) is 13.5. The van der Waals surface area contributed by atoms with Gasteiger partial charge in [0.05, 0.1) is 6.54 Å². The summed E-state index contributed by atoms with van der Waals surface area (Å²) in [7, 11) is 1.82. The number of carbonyl (C=O) groups excluding carboxylic acids is 1.